The molecule has 3 nitrogen and oxygen atoms in total. The van der Waals surface area contributed by atoms with Gasteiger partial charge in [-0.25, -0.2) is 9.37 Å². The van der Waals surface area contributed by atoms with Gasteiger partial charge < -0.3 is 10.5 Å². The van der Waals surface area contributed by atoms with Crippen LogP contribution in [0.25, 0.3) is 0 Å². The predicted octanol–water partition coefficient (Wildman–Crippen LogP) is 2.92. The van der Waals surface area contributed by atoms with Crippen LogP contribution in [0.1, 0.15) is 11.1 Å². The lowest BCUT2D eigenvalue weighted by molar-refractivity contribution is 0.403. The molecule has 2 N–H and O–H groups in total. The summed E-state index contributed by atoms with van der Waals surface area (Å²) in [6.07, 6.45) is 1.54. The minimum absolute atomic E-state index is 0.189. The zero-order valence-electron chi connectivity index (χ0n) is 9.78. The van der Waals surface area contributed by atoms with E-state index in [2.05, 4.69) is 4.98 Å². The van der Waals surface area contributed by atoms with E-state index in [0.717, 1.165) is 11.6 Å². The van der Waals surface area contributed by atoms with Gasteiger partial charge in [0.05, 0.1) is 0 Å². The molecular weight excluding hydrogens is 238 g/mol. The fourth-order valence-corrected chi connectivity index (χ4v) is 1.51. The van der Waals surface area contributed by atoms with Crippen molar-refractivity contribution < 1.29 is 13.5 Å². The van der Waals surface area contributed by atoms with Crippen LogP contribution in [-0.4, -0.2) is 4.98 Å². The summed E-state index contributed by atoms with van der Waals surface area (Å²) in [5.74, 6) is -1.94. The van der Waals surface area contributed by atoms with Gasteiger partial charge in [0, 0.05) is 18.3 Å². The van der Waals surface area contributed by atoms with Crippen molar-refractivity contribution >= 4 is 0 Å². The first-order valence-electron chi connectivity index (χ1n) is 5.39. The fraction of sp³-hybridized carbons (Fsp3) is 0.154. The molecule has 0 bridgehead atoms. The summed E-state index contributed by atoms with van der Waals surface area (Å²) in [4.78, 5) is 4.02. The van der Waals surface area contributed by atoms with Gasteiger partial charge in [-0.3, -0.25) is 0 Å². The van der Waals surface area contributed by atoms with Gasteiger partial charge in [0.1, 0.15) is 0 Å². The molecule has 1 aromatic carbocycles. The number of halogens is 2. The van der Waals surface area contributed by atoms with Crippen LogP contribution in [0.3, 0.4) is 0 Å². The van der Waals surface area contributed by atoms with Crippen LogP contribution in [0.4, 0.5) is 8.78 Å². The molecule has 1 aromatic heterocycles. The molecule has 1 heterocycles. The third-order valence-electron chi connectivity index (χ3n) is 2.45. The number of nitrogens with zero attached hydrogens (tertiary/aromatic N) is 1. The summed E-state index contributed by atoms with van der Waals surface area (Å²) >= 11 is 0. The average Bonchev–Trinajstić information content (AvgIpc) is 2.37. The third kappa shape index (κ3) is 2.46. The highest BCUT2D eigenvalue weighted by Crippen LogP contribution is 2.26. The maximum Gasteiger partial charge on any atom is 0.222 e. The van der Waals surface area contributed by atoms with Crippen LogP contribution in [0.15, 0.2) is 30.5 Å². The molecule has 18 heavy (non-hydrogen) atoms. The molecule has 94 valence electrons. The van der Waals surface area contributed by atoms with Crippen LogP contribution in [0.5, 0.6) is 11.6 Å². The van der Waals surface area contributed by atoms with E-state index in [1.165, 1.54) is 12.1 Å². The van der Waals surface area contributed by atoms with Crippen molar-refractivity contribution in [2.45, 2.75) is 13.5 Å². The zero-order valence-corrected chi connectivity index (χ0v) is 9.78. The van der Waals surface area contributed by atoms with Gasteiger partial charge in [0.25, 0.3) is 0 Å². The van der Waals surface area contributed by atoms with E-state index in [0.29, 0.717) is 12.1 Å². The molecule has 0 unspecified atom stereocenters. The summed E-state index contributed by atoms with van der Waals surface area (Å²) in [5.41, 5.74) is 7.03. The van der Waals surface area contributed by atoms with E-state index in [1.54, 1.807) is 19.2 Å². The maximum atomic E-state index is 13.4. The summed E-state index contributed by atoms with van der Waals surface area (Å²) < 4.78 is 31.7. The quantitative estimate of drug-likeness (QED) is 0.911. The Morgan fingerprint density at radius 2 is 2.11 bits per heavy atom. The van der Waals surface area contributed by atoms with E-state index in [9.17, 15) is 8.78 Å². The van der Waals surface area contributed by atoms with Gasteiger partial charge in [0.15, 0.2) is 11.6 Å². The van der Waals surface area contributed by atoms with Crippen molar-refractivity contribution in [3.8, 4) is 11.6 Å². The smallest absolute Gasteiger partial charge is 0.222 e. The topological polar surface area (TPSA) is 48.1 Å². The van der Waals surface area contributed by atoms with Crippen molar-refractivity contribution in [2.24, 2.45) is 5.73 Å². The summed E-state index contributed by atoms with van der Waals surface area (Å²) in [6, 6.07) is 5.53. The molecule has 0 amide bonds. The van der Waals surface area contributed by atoms with E-state index in [4.69, 9.17) is 10.5 Å². The summed E-state index contributed by atoms with van der Waals surface area (Å²) in [6.45, 7) is 2.13. The lowest BCUT2D eigenvalue weighted by Gasteiger charge is -2.09. The Kier molecular flexibility index (Phi) is 3.53. The molecule has 0 saturated heterocycles. The Balaban J connectivity index is 2.31. The first-order valence-corrected chi connectivity index (χ1v) is 5.39. The number of aromatic nitrogens is 1. The van der Waals surface area contributed by atoms with E-state index in [-0.39, 0.29) is 11.6 Å². The maximum absolute atomic E-state index is 13.4. The molecule has 0 atom stereocenters. The van der Waals surface area contributed by atoms with Gasteiger partial charge in [-0.1, -0.05) is 6.07 Å². The molecule has 5 heteroatoms. The van der Waals surface area contributed by atoms with Crippen LogP contribution in [0, 0.1) is 18.6 Å². The zero-order chi connectivity index (χ0) is 13.1. The van der Waals surface area contributed by atoms with Gasteiger partial charge in [0.2, 0.25) is 11.7 Å². The molecule has 0 radical (unpaired) electrons. The van der Waals surface area contributed by atoms with Crippen molar-refractivity contribution in [3.05, 3.63) is 53.2 Å². The molecule has 0 fully saturated rings. The van der Waals surface area contributed by atoms with Crippen molar-refractivity contribution in [1.29, 1.82) is 0 Å². The van der Waals surface area contributed by atoms with Gasteiger partial charge in [-0.2, -0.15) is 4.39 Å². The lowest BCUT2D eigenvalue weighted by Crippen LogP contribution is -2.00. The van der Waals surface area contributed by atoms with Crippen molar-refractivity contribution in [2.75, 3.05) is 0 Å². The minimum atomic E-state index is -1.03. The number of ether oxygens (including phenoxy) is 1. The Bertz CT molecular complexity index is 573. The second-order valence-corrected chi connectivity index (χ2v) is 3.82. The second-order valence-electron chi connectivity index (χ2n) is 3.82. The number of rotatable bonds is 3. The molecular formula is C13H12F2N2O. The van der Waals surface area contributed by atoms with Crippen LogP contribution in [0.2, 0.25) is 0 Å². The van der Waals surface area contributed by atoms with Crippen LogP contribution >= 0.6 is 0 Å². The van der Waals surface area contributed by atoms with E-state index < -0.39 is 11.6 Å². The lowest BCUT2D eigenvalue weighted by atomic mass is 10.2. The fourth-order valence-electron chi connectivity index (χ4n) is 1.51. The largest absolute Gasteiger partial charge is 0.436 e. The Hall–Kier alpha value is -2.01. The van der Waals surface area contributed by atoms with E-state index in [1.807, 2.05) is 0 Å². The molecule has 0 saturated carbocycles. The van der Waals surface area contributed by atoms with Crippen molar-refractivity contribution in [1.82, 2.24) is 4.98 Å². The molecule has 2 rings (SSSR count). The standard InChI is InChI=1S/C13H12F2N2O/c1-8-5-9(6-16)7-17-13(8)18-11-4-2-3-10(14)12(11)15/h2-5,7H,6,16H2,1H3. The number of hydrogen-bond donors (Lipinski definition) is 1. The molecule has 2 aromatic rings. The van der Waals surface area contributed by atoms with Crippen molar-refractivity contribution in [3.63, 3.8) is 0 Å². The third-order valence-corrected chi connectivity index (χ3v) is 2.45. The Morgan fingerprint density at radius 1 is 1.33 bits per heavy atom. The van der Waals surface area contributed by atoms with Gasteiger partial charge in [-0.05, 0) is 30.7 Å². The SMILES string of the molecule is Cc1cc(CN)cnc1Oc1cccc(F)c1F. The monoisotopic (exact) mass is 250 g/mol. The normalized spacial score (nSPS) is 10.4. The second kappa shape index (κ2) is 5.10. The Labute approximate surface area is 103 Å². The summed E-state index contributed by atoms with van der Waals surface area (Å²) in [7, 11) is 0. The number of hydrogen-bond acceptors (Lipinski definition) is 3. The minimum Gasteiger partial charge on any atom is -0.436 e. The first-order chi connectivity index (χ1) is 8.61. The summed E-state index contributed by atoms with van der Waals surface area (Å²) in [5, 5.41) is 0. The number of benzene rings is 1. The predicted molar refractivity (Wildman–Crippen MR) is 63.3 cm³/mol. The number of aryl methyl sites for hydroxylation is 1. The van der Waals surface area contributed by atoms with Gasteiger partial charge >= 0.3 is 0 Å². The highest BCUT2D eigenvalue weighted by molar-refractivity contribution is 5.34. The van der Waals surface area contributed by atoms with E-state index >= 15 is 0 Å². The number of nitrogens with two attached hydrogens (primary N) is 1. The molecule has 0 aliphatic carbocycles. The van der Waals surface area contributed by atoms with Crippen LogP contribution in [-0.2, 0) is 6.54 Å². The van der Waals surface area contributed by atoms with Crippen LogP contribution < -0.4 is 10.5 Å². The highest BCUT2D eigenvalue weighted by Gasteiger charge is 2.11. The molecule has 0 aliphatic heterocycles. The first kappa shape index (κ1) is 12.4. The Morgan fingerprint density at radius 3 is 2.78 bits per heavy atom. The number of pyridine rings is 1. The molecule has 0 aliphatic rings. The molecule has 0 spiro atoms. The average molecular weight is 250 g/mol. The van der Waals surface area contributed by atoms with Gasteiger partial charge in [-0.15, -0.1) is 0 Å². The highest BCUT2D eigenvalue weighted by atomic mass is 19.2.